The molecule has 5 heteroatoms. The molecule has 180 valence electrons. The fourth-order valence-corrected chi connectivity index (χ4v) is 5.19. The van der Waals surface area contributed by atoms with Gasteiger partial charge in [-0.1, -0.05) is 39.8 Å². The lowest BCUT2D eigenvalue weighted by molar-refractivity contribution is 0.0995. The summed E-state index contributed by atoms with van der Waals surface area (Å²) in [7, 11) is 0. The van der Waals surface area contributed by atoms with Gasteiger partial charge in [-0.15, -0.1) is 0 Å². The molecule has 2 N–H and O–H groups in total. The van der Waals surface area contributed by atoms with Gasteiger partial charge in [-0.3, -0.25) is 9.78 Å². The molecule has 2 heterocycles. The highest BCUT2D eigenvalue weighted by molar-refractivity contribution is 6.08. The predicted octanol–water partition coefficient (Wildman–Crippen LogP) is 7.03. The quantitative estimate of drug-likeness (QED) is 0.315. The van der Waals surface area contributed by atoms with Crippen LogP contribution in [0.5, 0.6) is 5.75 Å². The van der Waals surface area contributed by atoms with E-state index in [1.54, 1.807) is 24.4 Å². The molecule has 0 atom stereocenters. The number of furan rings is 1. The SMILES string of the molecule is Cc1cc2c(cc1Cc1ccc(C(=O)Nc3ccc(O)c4ncccc34)o1)C(C)(C)CCC2(C)C. The Kier molecular flexibility index (Phi) is 5.47. The minimum atomic E-state index is -0.336. The highest BCUT2D eigenvalue weighted by Crippen LogP contribution is 2.46. The van der Waals surface area contributed by atoms with Gasteiger partial charge in [0, 0.05) is 18.0 Å². The van der Waals surface area contributed by atoms with Crippen LogP contribution in [0.15, 0.2) is 59.1 Å². The molecule has 0 bridgehead atoms. The number of aryl methyl sites for hydroxylation is 1. The third kappa shape index (κ3) is 4.20. The van der Waals surface area contributed by atoms with Crippen molar-refractivity contribution in [2.24, 2.45) is 0 Å². The molecule has 1 aliphatic carbocycles. The van der Waals surface area contributed by atoms with Gasteiger partial charge in [0.1, 0.15) is 17.0 Å². The number of hydrogen-bond donors (Lipinski definition) is 2. The molecule has 5 rings (SSSR count). The Bertz CT molecular complexity index is 1450. The van der Waals surface area contributed by atoms with Gasteiger partial charge in [0.15, 0.2) is 5.76 Å². The summed E-state index contributed by atoms with van der Waals surface area (Å²) in [5.74, 6) is 0.744. The Balaban J connectivity index is 1.39. The number of hydrogen-bond acceptors (Lipinski definition) is 4. The Morgan fingerprint density at radius 2 is 1.74 bits per heavy atom. The summed E-state index contributed by atoms with van der Waals surface area (Å²) in [6, 6.07) is 15.1. The molecule has 4 aromatic rings. The topological polar surface area (TPSA) is 75.4 Å². The highest BCUT2D eigenvalue weighted by atomic mass is 16.3. The molecule has 35 heavy (non-hydrogen) atoms. The van der Waals surface area contributed by atoms with E-state index in [-0.39, 0.29) is 28.2 Å². The summed E-state index contributed by atoms with van der Waals surface area (Å²) in [5, 5.41) is 13.6. The minimum Gasteiger partial charge on any atom is -0.506 e. The zero-order valence-corrected chi connectivity index (χ0v) is 21.0. The molecule has 0 aliphatic heterocycles. The maximum Gasteiger partial charge on any atom is 0.291 e. The number of benzene rings is 2. The van der Waals surface area contributed by atoms with Crippen LogP contribution in [0.4, 0.5) is 5.69 Å². The normalized spacial score (nSPS) is 16.1. The zero-order chi connectivity index (χ0) is 25.0. The molecule has 1 amide bonds. The van der Waals surface area contributed by atoms with E-state index >= 15 is 0 Å². The molecule has 1 aliphatic rings. The molecular weight excluding hydrogens is 436 g/mol. The van der Waals surface area contributed by atoms with Crippen LogP contribution in [0.3, 0.4) is 0 Å². The number of fused-ring (bicyclic) bond motifs is 2. The summed E-state index contributed by atoms with van der Waals surface area (Å²) in [6.45, 7) is 11.5. The predicted molar refractivity (Wildman–Crippen MR) is 139 cm³/mol. The first-order chi connectivity index (χ1) is 16.5. The smallest absolute Gasteiger partial charge is 0.291 e. The Hall–Kier alpha value is -3.60. The van der Waals surface area contributed by atoms with Crippen LogP contribution < -0.4 is 5.32 Å². The number of carbonyl (C=O) groups is 1. The van der Waals surface area contributed by atoms with E-state index in [1.165, 1.54) is 41.2 Å². The van der Waals surface area contributed by atoms with Crippen LogP contribution in [0, 0.1) is 6.92 Å². The molecule has 0 saturated heterocycles. The van der Waals surface area contributed by atoms with Crippen molar-refractivity contribution < 1.29 is 14.3 Å². The fourth-order valence-electron chi connectivity index (χ4n) is 5.19. The first kappa shape index (κ1) is 23.2. The van der Waals surface area contributed by atoms with Crippen LogP contribution in [-0.2, 0) is 17.3 Å². The number of rotatable bonds is 4. The van der Waals surface area contributed by atoms with E-state index < -0.39 is 0 Å². The van der Waals surface area contributed by atoms with E-state index in [0.717, 1.165) is 5.76 Å². The van der Waals surface area contributed by atoms with Crippen LogP contribution >= 0.6 is 0 Å². The number of nitrogens with one attached hydrogen (secondary N) is 1. The number of phenolic OH excluding ortho intramolecular Hbond substituents is 1. The lowest BCUT2D eigenvalue weighted by Gasteiger charge is -2.42. The van der Waals surface area contributed by atoms with Gasteiger partial charge in [0.05, 0.1) is 5.69 Å². The Morgan fingerprint density at radius 3 is 2.49 bits per heavy atom. The van der Waals surface area contributed by atoms with Crippen molar-refractivity contribution in [3.63, 3.8) is 0 Å². The van der Waals surface area contributed by atoms with Crippen molar-refractivity contribution in [1.82, 2.24) is 4.98 Å². The van der Waals surface area contributed by atoms with Crippen molar-refractivity contribution >= 4 is 22.5 Å². The second-order valence-corrected chi connectivity index (χ2v) is 11.0. The maximum atomic E-state index is 12.9. The van der Waals surface area contributed by atoms with Crippen LogP contribution in [0.1, 0.15) is 79.1 Å². The summed E-state index contributed by atoms with van der Waals surface area (Å²) < 4.78 is 5.97. The molecule has 0 radical (unpaired) electrons. The third-order valence-corrected chi connectivity index (χ3v) is 7.56. The second kappa shape index (κ2) is 8.26. The maximum absolute atomic E-state index is 12.9. The lowest BCUT2D eigenvalue weighted by atomic mass is 9.62. The lowest BCUT2D eigenvalue weighted by Crippen LogP contribution is -2.34. The van der Waals surface area contributed by atoms with Crippen LogP contribution in [0.2, 0.25) is 0 Å². The molecule has 2 aromatic carbocycles. The Labute approximate surface area is 206 Å². The van der Waals surface area contributed by atoms with Crippen molar-refractivity contribution in [3.05, 3.63) is 88.5 Å². The van der Waals surface area contributed by atoms with E-state index in [4.69, 9.17) is 4.42 Å². The van der Waals surface area contributed by atoms with E-state index in [1.807, 2.05) is 12.1 Å². The van der Waals surface area contributed by atoms with Gasteiger partial charge in [-0.25, -0.2) is 0 Å². The average Bonchev–Trinajstić information content (AvgIpc) is 3.29. The van der Waals surface area contributed by atoms with Gasteiger partial charge in [-0.05, 0) is 89.2 Å². The molecule has 0 saturated carbocycles. The number of phenols is 1. The van der Waals surface area contributed by atoms with Crippen LogP contribution in [-0.4, -0.2) is 16.0 Å². The van der Waals surface area contributed by atoms with Gasteiger partial charge in [0.25, 0.3) is 5.91 Å². The first-order valence-electron chi connectivity index (χ1n) is 12.2. The number of anilines is 1. The first-order valence-corrected chi connectivity index (χ1v) is 12.2. The summed E-state index contributed by atoms with van der Waals surface area (Å²) in [5.41, 5.74) is 6.69. The van der Waals surface area contributed by atoms with E-state index in [0.29, 0.717) is 23.0 Å². The van der Waals surface area contributed by atoms with Crippen LogP contribution in [0.25, 0.3) is 10.9 Å². The van der Waals surface area contributed by atoms with Gasteiger partial charge in [-0.2, -0.15) is 0 Å². The standard InChI is InChI=1S/C30H32N2O3/c1-18-15-22-23(30(4,5)13-12-29(22,2)3)17-19(18)16-20-8-11-26(35-20)28(34)32-24-9-10-25(33)27-21(24)7-6-14-31-27/h6-11,14-15,17,33H,12-13,16H2,1-5H3,(H,32,34). The van der Waals surface area contributed by atoms with Gasteiger partial charge in [0.2, 0.25) is 0 Å². The highest BCUT2D eigenvalue weighted by Gasteiger charge is 2.37. The van der Waals surface area contributed by atoms with Crippen molar-refractivity contribution in [2.75, 3.05) is 5.32 Å². The molecule has 0 spiro atoms. The third-order valence-electron chi connectivity index (χ3n) is 7.56. The number of carbonyl (C=O) groups excluding carboxylic acids is 1. The zero-order valence-electron chi connectivity index (χ0n) is 21.0. The number of aromatic nitrogens is 1. The number of amides is 1. The summed E-state index contributed by atoms with van der Waals surface area (Å²) >= 11 is 0. The monoisotopic (exact) mass is 468 g/mol. The summed E-state index contributed by atoms with van der Waals surface area (Å²) in [4.78, 5) is 17.1. The molecular formula is C30H32N2O3. The molecule has 2 aromatic heterocycles. The van der Waals surface area contributed by atoms with Gasteiger partial charge >= 0.3 is 0 Å². The average molecular weight is 469 g/mol. The van der Waals surface area contributed by atoms with Crippen molar-refractivity contribution in [1.29, 1.82) is 0 Å². The summed E-state index contributed by atoms with van der Waals surface area (Å²) in [6.07, 6.45) is 4.60. The number of nitrogens with zero attached hydrogens (tertiary/aromatic N) is 1. The minimum absolute atomic E-state index is 0.0749. The fraction of sp³-hybridized carbons (Fsp3) is 0.333. The number of aromatic hydroxyl groups is 1. The molecule has 0 unspecified atom stereocenters. The van der Waals surface area contributed by atoms with E-state index in [9.17, 15) is 9.90 Å². The molecule has 5 nitrogen and oxygen atoms in total. The van der Waals surface area contributed by atoms with E-state index in [2.05, 4.69) is 57.1 Å². The number of pyridine rings is 1. The van der Waals surface area contributed by atoms with Crippen molar-refractivity contribution in [3.8, 4) is 5.75 Å². The molecule has 0 fully saturated rings. The Morgan fingerprint density at radius 1 is 1.03 bits per heavy atom. The van der Waals surface area contributed by atoms with Crippen molar-refractivity contribution in [2.45, 2.75) is 64.7 Å². The largest absolute Gasteiger partial charge is 0.506 e. The second-order valence-electron chi connectivity index (χ2n) is 11.0. The van der Waals surface area contributed by atoms with Gasteiger partial charge < -0.3 is 14.8 Å².